The van der Waals surface area contributed by atoms with E-state index < -0.39 is 0 Å². The third-order valence-electron chi connectivity index (χ3n) is 1.74. The molecular formula is C6Cl2N2S4. The molecule has 2 aliphatic rings. The average molecular weight is 299 g/mol. The smallest absolute Gasteiger partial charge is 0.108 e. The van der Waals surface area contributed by atoms with Crippen molar-refractivity contribution in [3.05, 3.63) is 20.8 Å². The minimum absolute atomic E-state index is 0.677. The van der Waals surface area contributed by atoms with Gasteiger partial charge in [0, 0.05) is 22.0 Å². The first kappa shape index (κ1) is 9.99. The first-order chi connectivity index (χ1) is 6.79. The fourth-order valence-corrected chi connectivity index (χ4v) is 6.03. The second-order valence-electron chi connectivity index (χ2n) is 2.48. The Morgan fingerprint density at radius 2 is 1.21 bits per heavy atom. The molecule has 2 heterocycles. The number of hydrogen-bond acceptors (Lipinski definition) is 6. The summed E-state index contributed by atoms with van der Waals surface area (Å²) in [6.07, 6.45) is 0. The lowest BCUT2D eigenvalue weighted by Crippen LogP contribution is -2.15. The molecule has 2 nitrogen and oxygen atoms in total. The van der Waals surface area contributed by atoms with Crippen LogP contribution < -0.4 is 10.7 Å². The molecule has 0 amide bonds. The van der Waals surface area contributed by atoms with E-state index in [-0.39, 0.29) is 0 Å². The maximum Gasteiger partial charge on any atom is 0.108 e. The van der Waals surface area contributed by atoms with Crippen molar-refractivity contribution in [1.82, 2.24) is 0 Å². The Kier molecular flexibility index (Phi) is 2.62. The Balaban J connectivity index is 2.53. The molecule has 0 aliphatic carbocycles. The van der Waals surface area contributed by atoms with Crippen LogP contribution in [0.15, 0.2) is 18.6 Å². The van der Waals surface area contributed by atoms with Gasteiger partial charge in [-0.2, -0.15) is 0 Å². The minimum atomic E-state index is 0.677. The highest BCUT2D eigenvalue weighted by Crippen LogP contribution is 2.44. The molecular weight excluding hydrogens is 299 g/mol. The molecule has 0 bridgehead atoms. The van der Waals surface area contributed by atoms with E-state index in [0.717, 1.165) is 20.5 Å². The highest BCUT2D eigenvalue weighted by Gasteiger charge is 2.23. The summed E-state index contributed by atoms with van der Waals surface area (Å²) >= 11 is 12.4. The maximum atomic E-state index is 6.20. The molecule has 2 aliphatic heterocycles. The Bertz CT molecular complexity index is 494. The fraction of sp³-hybridized carbons (Fsp3) is 0. The summed E-state index contributed by atoms with van der Waals surface area (Å²) in [7, 11) is 5.86. The summed E-state index contributed by atoms with van der Waals surface area (Å²) in [5.41, 5.74) is 0. The third kappa shape index (κ3) is 1.32. The van der Waals surface area contributed by atoms with Crippen molar-refractivity contribution in [2.75, 3.05) is 0 Å². The van der Waals surface area contributed by atoms with Crippen molar-refractivity contribution >= 4 is 66.7 Å². The zero-order valence-electron chi connectivity index (χ0n) is 6.28. The Morgan fingerprint density at radius 1 is 0.786 bits per heavy atom. The van der Waals surface area contributed by atoms with Crippen LogP contribution in [0, 0.1) is 0 Å². The van der Waals surface area contributed by atoms with Crippen LogP contribution in [0.1, 0.15) is 0 Å². The highest BCUT2D eigenvalue weighted by atomic mass is 35.5. The molecule has 1 aromatic carbocycles. The first-order valence-electron chi connectivity index (χ1n) is 3.43. The van der Waals surface area contributed by atoms with E-state index >= 15 is 0 Å². The molecule has 0 saturated heterocycles. The summed E-state index contributed by atoms with van der Waals surface area (Å²) in [5, 5.41) is 2.96. The van der Waals surface area contributed by atoms with Crippen LogP contribution in [0.2, 0.25) is 10.0 Å². The molecule has 3 rings (SSSR count). The molecule has 0 saturated carbocycles. The van der Waals surface area contributed by atoms with Gasteiger partial charge in [0.1, 0.15) is 10.7 Å². The second kappa shape index (κ2) is 3.68. The monoisotopic (exact) mass is 298 g/mol. The lowest BCUT2D eigenvalue weighted by Gasteiger charge is -2.00. The van der Waals surface area contributed by atoms with E-state index in [9.17, 15) is 0 Å². The molecule has 72 valence electrons. The fourth-order valence-electron chi connectivity index (χ4n) is 1.12. The predicted octanol–water partition coefficient (Wildman–Crippen LogP) is 3.57. The molecule has 0 unspecified atom stereocenters. The van der Waals surface area contributed by atoms with Gasteiger partial charge in [-0.3, -0.25) is 0 Å². The maximum absolute atomic E-state index is 6.20. The predicted molar refractivity (Wildman–Crippen MR) is 65.7 cm³/mol. The molecule has 8 heteroatoms. The van der Waals surface area contributed by atoms with E-state index in [1.165, 1.54) is 43.5 Å². The van der Waals surface area contributed by atoms with Crippen LogP contribution in [0.3, 0.4) is 0 Å². The van der Waals surface area contributed by atoms with E-state index in [0.29, 0.717) is 10.0 Å². The number of benzene rings is 1. The van der Waals surface area contributed by atoms with Gasteiger partial charge < -0.3 is 0 Å². The van der Waals surface area contributed by atoms with Crippen LogP contribution in [0.25, 0.3) is 0 Å². The van der Waals surface area contributed by atoms with E-state index in [4.69, 9.17) is 23.2 Å². The van der Waals surface area contributed by atoms with Gasteiger partial charge in [-0.15, -0.1) is 0 Å². The van der Waals surface area contributed by atoms with Crippen molar-refractivity contribution in [3.63, 3.8) is 0 Å². The van der Waals surface area contributed by atoms with Crippen LogP contribution in [-0.2, 0) is 0 Å². The molecule has 0 fully saturated rings. The van der Waals surface area contributed by atoms with Crippen LogP contribution in [0.5, 0.6) is 0 Å². The lowest BCUT2D eigenvalue weighted by molar-refractivity contribution is 1.18. The molecule has 0 radical (unpaired) electrons. The summed E-state index contributed by atoms with van der Waals surface area (Å²) in [6.45, 7) is 0. The van der Waals surface area contributed by atoms with Crippen molar-refractivity contribution in [2.45, 2.75) is 9.79 Å². The Morgan fingerprint density at radius 3 is 1.64 bits per heavy atom. The van der Waals surface area contributed by atoms with Crippen LogP contribution in [0.4, 0.5) is 0 Å². The topological polar surface area (TPSA) is 24.7 Å². The first-order valence-corrected chi connectivity index (χ1v) is 8.40. The van der Waals surface area contributed by atoms with Crippen molar-refractivity contribution < 1.29 is 0 Å². The van der Waals surface area contributed by atoms with Gasteiger partial charge in [0.15, 0.2) is 0 Å². The molecule has 0 spiro atoms. The number of rotatable bonds is 0. The van der Waals surface area contributed by atoms with Gasteiger partial charge in [-0.25, -0.2) is 8.80 Å². The number of nitrogens with zero attached hydrogens (tertiary/aromatic N) is 2. The minimum Gasteiger partial charge on any atom is -0.202 e. The van der Waals surface area contributed by atoms with Crippen molar-refractivity contribution in [3.8, 4) is 0 Å². The Labute approximate surface area is 105 Å². The quantitative estimate of drug-likeness (QED) is 0.540. The molecule has 0 aromatic heterocycles. The van der Waals surface area contributed by atoms with Gasteiger partial charge >= 0.3 is 0 Å². The van der Waals surface area contributed by atoms with Gasteiger partial charge in [0.05, 0.1) is 19.8 Å². The van der Waals surface area contributed by atoms with Crippen LogP contribution in [-0.4, -0.2) is 0 Å². The number of fused-ring (bicyclic) bond motifs is 2. The van der Waals surface area contributed by atoms with E-state index in [1.54, 1.807) is 0 Å². The third-order valence-corrected chi connectivity index (χ3v) is 6.39. The normalized spacial score (nSPS) is 17.3. The summed E-state index contributed by atoms with van der Waals surface area (Å²) in [5.74, 6) is 0. The van der Waals surface area contributed by atoms with Gasteiger partial charge in [0.2, 0.25) is 0 Å². The zero-order chi connectivity index (χ0) is 9.71. The molecule has 0 atom stereocenters. The van der Waals surface area contributed by atoms with E-state index in [1.807, 2.05) is 0 Å². The molecule has 1 aromatic rings. The van der Waals surface area contributed by atoms with Crippen molar-refractivity contribution in [2.24, 2.45) is 8.80 Å². The number of halogens is 2. The molecule has 0 N–H and O–H groups in total. The van der Waals surface area contributed by atoms with Gasteiger partial charge in [-0.05, 0) is 21.6 Å². The largest absolute Gasteiger partial charge is 0.202 e. The average Bonchev–Trinajstić information content (AvgIpc) is 2.82. The Hall–Kier alpha value is 0.800. The SMILES string of the molecule is Clc1c2c(c(Cl)c3c1=NSS3)=NSS2. The lowest BCUT2D eigenvalue weighted by atomic mass is 10.3. The van der Waals surface area contributed by atoms with Crippen molar-refractivity contribution in [1.29, 1.82) is 0 Å². The standard InChI is InChI=1S/C6Cl2N2S4/c7-1-3-6(12-13-9-3)2(8)4-5(1)11-14-10-4. The number of hydrogen-bond donors (Lipinski definition) is 0. The zero-order valence-corrected chi connectivity index (χ0v) is 11.1. The summed E-state index contributed by atoms with van der Waals surface area (Å²) in [6, 6.07) is 0. The summed E-state index contributed by atoms with van der Waals surface area (Å²) < 4.78 is 8.47. The second-order valence-corrected chi connectivity index (χ2v) is 6.95. The molecule has 14 heavy (non-hydrogen) atoms. The highest BCUT2D eigenvalue weighted by molar-refractivity contribution is 8.76. The van der Waals surface area contributed by atoms with E-state index in [2.05, 4.69) is 8.80 Å². The summed E-state index contributed by atoms with van der Waals surface area (Å²) in [4.78, 5) is 1.87. The van der Waals surface area contributed by atoms with Gasteiger partial charge in [-0.1, -0.05) is 23.2 Å². The van der Waals surface area contributed by atoms with Gasteiger partial charge in [0.25, 0.3) is 0 Å². The van der Waals surface area contributed by atoms with Crippen LogP contribution >= 0.6 is 66.7 Å².